The van der Waals surface area contributed by atoms with Crippen LogP contribution in [0.5, 0.6) is 5.75 Å². The van der Waals surface area contributed by atoms with E-state index in [-0.39, 0.29) is 10.8 Å². The molecule has 21 heavy (non-hydrogen) atoms. The summed E-state index contributed by atoms with van der Waals surface area (Å²) in [4.78, 5) is 10.9. The van der Waals surface area contributed by atoms with Crippen LogP contribution in [0.2, 0.25) is 5.02 Å². The Hall–Kier alpha value is -1.45. The Labute approximate surface area is 123 Å². The highest BCUT2D eigenvalue weighted by molar-refractivity contribution is 6.30. The van der Waals surface area contributed by atoms with Crippen LogP contribution in [0.4, 0.5) is 4.39 Å². The van der Waals surface area contributed by atoms with Gasteiger partial charge < -0.3 is 29.9 Å². The lowest BCUT2D eigenvalue weighted by Gasteiger charge is -2.38. The lowest BCUT2D eigenvalue weighted by atomic mass is 9.99. The normalized spacial score (nSPS) is 32.7. The van der Waals surface area contributed by atoms with E-state index in [0.29, 0.717) is 0 Å². The van der Waals surface area contributed by atoms with Gasteiger partial charge in [0.1, 0.15) is 18.3 Å². The van der Waals surface area contributed by atoms with Crippen LogP contribution in [0.25, 0.3) is 0 Å². The molecule has 1 heterocycles. The number of aliphatic hydroxyl groups excluding tert-OH is 3. The zero-order chi connectivity index (χ0) is 15.7. The van der Waals surface area contributed by atoms with E-state index in [4.69, 9.17) is 26.2 Å². The summed E-state index contributed by atoms with van der Waals surface area (Å²) in [5.74, 6) is -2.76. The highest BCUT2D eigenvalue weighted by atomic mass is 35.5. The minimum Gasteiger partial charge on any atom is -0.479 e. The van der Waals surface area contributed by atoms with Gasteiger partial charge in [-0.2, -0.15) is 0 Å². The fourth-order valence-electron chi connectivity index (χ4n) is 1.85. The number of halogens is 2. The molecule has 0 aliphatic carbocycles. The molecule has 0 aromatic heterocycles. The number of aliphatic hydroxyl groups is 3. The number of hydrogen-bond acceptors (Lipinski definition) is 6. The van der Waals surface area contributed by atoms with Crippen LogP contribution < -0.4 is 4.74 Å². The molecule has 1 aliphatic rings. The van der Waals surface area contributed by atoms with Gasteiger partial charge in [-0.3, -0.25) is 0 Å². The van der Waals surface area contributed by atoms with Crippen molar-refractivity contribution < 1.29 is 39.1 Å². The molecule has 1 aromatic rings. The first-order chi connectivity index (χ1) is 9.81. The van der Waals surface area contributed by atoms with Crippen molar-refractivity contribution in [3.05, 3.63) is 29.0 Å². The molecule has 116 valence electrons. The lowest BCUT2D eigenvalue weighted by molar-refractivity contribution is -0.271. The topological polar surface area (TPSA) is 116 Å². The van der Waals surface area contributed by atoms with E-state index < -0.39 is 42.5 Å². The summed E-state index contributed by atoms with van der Waals surface area (Å²) >= 11 is 5.57. The molecule has 0 spiro atoms. The molecular formula is C12H12ClFO7. The van der Waals surface area contributed by atoms with E-state index in [1.54, 1.807) is 0 Å². The summed E-state index contributed by atoms with van der Waals surface area (Å²) in [6.07, 6.45) is -8.90. The first-order valence-electron chi connectivity index (χ1n) is 5.85. The van der Waals surface area contributed by atoms with Crippen molar-refractivity contribution in [3.63, 3.8) is 0 Å². The van der Waals surface area contributed by atoms with E-state index in [2.05, 4.69) is 0 Å². The second-order valence-electron chi connectivity index (χ2n) is 4.43. The molecule has 5 atom stereocenters. The fraction of sp³-hybridized carbons (Fsp3) is 0.417. The minimum absolute atomic E-state index is 0.115. The quantitative estimate of drug-likeness (QED) is 0.606. The van der Waals surface area contributed by atoms with E-state index in [1.165, 1.54) is 6.07 Å². The van der Waals surface area contributed by atoms with Crippen LogP contribution in [0.1, 0.15) is 0 Å². The largest absolute Gasteiger partial charge is 0.479 e. The highest BCUT2D eigenvalue weighted by Crippen LogP contribution is 2.27. The first kappa shape index (κ1) is 15.9. The zero-order valence-corrected chi connectivity index (χ0v) is 11.1. The molecule has 1 saturated heterocycles. The molecule has 1 fully saturated rings. The van der Waals surface area contributed by atoms with Crippen LogP contribution >= 0.6 is 11.6 Å². The van der Waals surface area contributed by atoms with Gasteiger partial charge in [-0.05, 0) is 18.2 Å². The zero-order valence-electron chi connectivity index (χ0n) is 10.4. The summed E-state index contributed by atoms with van der Waals surface area (Å²) < 4.78 is 23.4. The van der Waals surface area contributed by atoms with Gasteiger partial charge in [0, 0.05) is 5.02 Å². The van der Waals surface area contributed by atoms with E-state index in [9.17, 15) is 24.5 Å². The maximum atomic E-state index is 13.6. The van der Waals surface area contributed by atoms with Crippen molar-refractivity contribution >= 4 is 17.6 Å². The molecule has 1 aliphatic heterocycles. The Morgan fingerprint density at radius 3 is 2.48 bits per heavy atom. The number of aliphatic carboxylic acids is 1. The molecule has 0 unspecified atom stereocenters. The van der Waals surface area contributed by atoms with Crippen molar-refractivity contribution in [1.82, 2.24) is 0 Å². The third-order valence-electron chi connectivity index (χ3n) is 2.95. The van der Waals surface area contributed by atoms with Gasteiger partial charge >= 0.3 is 5.97 Å². The van der Waals surface area contributed by atoms with Gasteiger partial charge in [-0.15, -0.1) is 0 Å². The molecule has 0 amide bonds. The van der Waals surface area contributed by atoms with Gasteiger partial charge in [0.25, 0.3) is 0 Å². The third kappa shape index (κ3) is 3.25. The number of benzene rings is 1. The van der Waals surface area contributed by atoms with Gasteiger partial charge in [-0.25, -0.2) is 9.18 Å². The van der Waals surface area contributed by atoms with Crippen molar-refractivity contribution in [1.29, 1.82) is 0 Å². The Morgan fingerprint density at radius 1 is 1.24 bits per heavy atom. The molecular weight excluding hydrogens is 311 g/mol. The monoisotopic (exact) mass is 322 g/mol. The first-order valence-corrected chi connectivity index (χ1v) is 6.23. The van der Waals surface area contributed by atoms with Crippen LogP contribution in [0, 0.1) is 5.82 Å². The predicted molar refractivity (Wildman–Crippen MR) is 66.4 cm³/mol. The molecule has 9 heteroatoms. The summed E-state index contributed by atoms with van der Waals surface area (Å²) in [5, 5.41) is 37.8. The summed E-state index contributed by atoms with van der Waals surface area (Å²) in [7, 11) is 0. The van der Waals surface area contributed by atoms with Crippen molar-refractivity contribution in [2.75, 3.05) is 0 Å². The van der Waals surface area contributed by atoms with Gasteiger partial charge in [-0.1, -0.05) is 11.6 Å². The molecule has 2 rings (SSSR count). The molecule has 0 bridgehead atoms. The fourth-order valence-corrected chi connectivity index (χ4v) is 2.00. The van der Waals surface area contributed by atoms with Crippen molar-refractivity contribution in [2.45, 2.75) is 30.7 Å². The minimum atomic E-state index is -1.84. The molecule has 0 radical (unpaired) electrons. The number of carboxylic acid groups (broad SMARTS) is 1. The van der Waals surface area contributed by atoms with E-state index >= 15 is 0 Å². The second kappa shape index (κ2) is 6.12. The second-order valence-corrected chi connectivity index (χ2v) is 4.86. The lowest BCUT2D eigenvalue weighted by Crippen LogP contribution is -2.61. The Kier molecular flexibility index (Phi) is 4.64. The Bertz CT molecular complexity index is 540. The average molecular weight is 323 g/mol. The van der Waals surface area contributed by atoms with Crippen LogP contribution in [-0.2, 0) is 9.53 Å². The third-order valence-corrected chi connectivity index (χ3v) is 3.19. The number of carbonyl (C=O) groups is 1. The number of carboxylic acids is 1. The van der Waals surface area contributed by atoms with Crippen molar-refractivity contribution in [3.8, 4) is 5.75 Å². The number of hydrogen-bond donors (Lipinski definition) is 4. The van der Waals surface area contributed by atoms with Gasteiger partial charge in [0.2, 0.25) is 6.29 Å². The molecule has 7 nitrogen and oxygen atoms in total. The number of ether oxygens (including phenoxy) is 2. The smallest absolute Gasteiger partial charge is 0.335 e. The predicted octanol–water partition coefficient (Wildman–Crippen LogP) is -0.250. The van der Waals surface area contributed by atoms with Gasteiger partial charge in [0.15, 0.2) is 17.7 Å². The van der Waals surface area contributed by atoms with Crippen molar-refractivity contribution in [2.24, 2.45) is 0 Å². The molecule has 4 N–H and O–H groups in total. The van der Waals surface area contributed by atoms with Crippen LogP contribution in [-0.4, -0.2) is 57.1 Å². The maximum Gasteiger partial charge on any atom is 0.335 e. The number of rotatable bonds is 3. The summed E-state index contributed by atoms with van der Waals surface area (Å²) in [6.45, 7) is 0. The standard InChI is InChI=1S/C12H12ClFO7/c13-4-1-2-6(5(14)3-4)20-12-9(17)7(15)8(16)10(21-12)11(18)19/h1-3,7-10,12,15-17H,(H,18,19)/t7-,8-,9+,10-,12+/m0/s1. The molecule has 1 aromatic carbocycles. The summed E-state index contributed by atoms with van der Waals surface area (Å²) in [6, 6.07) is 3.42. The SMILES string of the molecule is O=C(O)[C@H]1O[C@@H](Oc2ccc(Cl)cc2F)[C@H](O)[C@@H](O)[C@@H]1O. The van der Waals surface area contributed by atoms with Crippen LogP contribution in [0.15, 0.2) is 18.2 Å². The maximum absolute atomic E-state index is 13.6. The van der Waals surface area contributed by atoms with E-state index in [1.807, 2.05) is 0 Å². The van der Waals surface area contributed by atoms with E-state index in [0.717, 1.165) is 12.1 Å². The highest BCUT2D eigenvalue weighted by Gasteiger charge is 2.48. The van der Waals surface area contributed by atoms with Gasteiger partial charge in [0.05, 0.1) is 0 Å². The average Bonchev–Trinajstić information content (AvgIpc) is 2.41. The van der Waals surface area contributed by atoms with Crippen LogP contribution in [0.3, 0.4) is 0 Å². The Morgan fingerprint density at radius 2 is 1.90 bits per heavy atom. The Balaban J connectivity index is 2.20. The summed E-state index contributed by atoms with van der Waals surface area (Å²) in [5.41, 5.74) is 0. The molecule has 0 saturated carbocycles.